The fraction of sp³-hybridized carbons (Fsp3) is 0.400. The van der Waals surface area contributed by atoms with Crippen molar-refractivity contribution in [1.82, 2.24) is 5.32 Å². The Kier molecular flexibility index (Phi) is 7.53. The third-order valence-electron chi connectivity index (χ3n) is 3.97. The Hall–Kier alpha value is -1.78. The monoisotopic (exact) mass is 365 g/mol. The Morgan fingerprint density at radius 2 is 1.92 bits per heavy atom. The predicted molar refractivity (Wildman–Crippen MR) is 99.9 cm³/mol. The minimum absolute atomic E-state index is 0.0942. The number of benzene rings is 2. The van der Waals surface area contributed by atoms with E-state index < -0.39 is 0 Å². The first-order valence-electron chi connectivity index (χ1n) is 8.59. The molecule has 0 amide bonds. The standard InChI is InChI=1S/C20H25ClFNO2/c1-4-14(3)23-12-15-10-17(21)20(19(11-15)24-5-2)25-13-16-8-6-7-9-18(16)22/h6-11,14,23H,4-5,12-13H2,1-3H3/t14-/m0/s1. The Balaban J connectivity index is 2.17. The lowest BCUT2D eigenvalue weighted by Gasteiger charge is -2.17. The van der Waals surface area contributed by atoms with Gasteiger partial charge in [-0.15, -0.1) is 0 Å². The quantitative estimate of drug-likeness (QED) is 0.650. The summed E-state index contributed by atoms with van der Waals surface area (Å²) in [5.74, 6) is 0.720. The number of rotatable bonds is 9. The molecule has 2 rings (SSSR count). The van der Waals surface area contributed by atoms with Crippen LogP contribution in [0.2, 0.25) is 5.02 Å². The summed E-state index contributed by atoms with van der Waals surface area (Å²) in [6.07, 6.45) is 1.05. The zero-order valence-electron chi connectivity index (χ0n) is 14.9. The van der Waals surface area contributed by atoms with E-state index >= 15 is 0 Å². The van der Waals surface area contributed by atoms with E-state index in [0.717, 1.165) is 12.0 Å². The van der Waals surface area contributed by atoms with Gasteiger partial charge in [0.2, 0.25) is 0 Å². The summed E-state index contributed by atoms with van der Waals surface area (Å²) in [7, 11) is 0. The molecule has 0 saturated carbocycles. The molecule has 0 aliphatic heterocycles. The predicted octanol–water partition coefficient (Wildman–Crippen LogP) is 5.34. The molecule has 136 valence electrons. The normalized spacial score (nSPS) is 12.0. The largest absolute Gasteiger partial charge is 0.490 e. The molecule has 1 atom stereocenters. The third-order valence-corrected chi connectivity index (χ3v) is 4.25. The van der Waals surface area contributed by atoms with Crippen molar-refractivity contribution in [2.24, 2.45) is 0 Å². The van der Waals surface area contributed by atoms with Crippen LogP contribution >= 0.6 is 11.6 Å². The van der Waals surface area contributed by atoms with Gasteiger partial charge >= 0.3 is 0 Å². The van der Waals surface area contributed by atoms with Crippen LogP contribution in [0.1, 0.15) is 38.3 Å². The number of hydrogen-bond donors (Lipinski definition) is 1. The highest BCUT2D eigenvalue weighted by Gasteiger charge is 2.14. The molecule has 0 spiro atoms. The molecule has 0 aliphatic carbocycles. The molecule has 0 heterocycles. The minimum atomic E-state index is -0.300. The molecule has 3 nitrogen and oxygen atoms in total. The summed E-state index contributed by atoms with van der Waals surface area (Å²) in [4.78, 5) is 0. The molecule has 0 fully saturated rings. The summed E-state index contributed by atoms with van der Waals surface area (Å²) < 4.78 is 25.2. The molecule has 5 heteroatoms. The average molecular weight is 366 g/mol. The van der Waals surface area contributed by atoms with Crippen LogP contribution in [0.5, 0.6) is 11.5 Å². The van der Waals surface area contributed by atoms with Crippen molar-refractivity contribution in [2.75, 3.05) is 6.61 Å². The van der Waals surface area contributed by atoms with Gasteiger partial charge in [0.1, 0.15) is 12.4 Å². The Morgan fingerprint density at radius 3 is 2.60 bits per heavy atom. The Bertz CT molecular complexity index is 693. The fourth-order valence-corrected chi connectivity index (χ4v) is 2.62. The van der Waals surface area contributed by atoms with Gasteiger partial charge in [-0.3, -0.25) is 0 Å². The third kappa shape index (κ3) is 5.62. The maximum absolute atomic E-state index is 13.8. The lowest BCUT2D eigenvalue weighted by atomic mass is 10.1. The first-order valence-corrected chi connectivity index (χ1v) is 8.97. The van der Waals surface area contributed by atoms with Gasteiger partial charge in [0.15, 0.2) is 11.5 Å². The van der Waals surface area contributed by atoms with Gasteiger partial charge in [0, 0.05) is 18.2 Å². The van der Waals surface area contributed by atoms with Gasteiger partial charge in [0.05, 0.1) is 11.6 Å². The fourth-order valence-electron chi connectivity index (χ4n) is 2.33. The molecule has 2 aromatic carbocycles. The Labute approximate surface area is 154 Å². The zero-order valence-corrected chi connectivity index (χ0v) is 15.7. The van der Waals surface area contributed by atoms with E-state index in [9.17, 15) is 4.39 Å². The van der Waals surface area contributed by atoms with Crippen LogP contribution in [0.25, 0.3) is 0 Å². The van der Waals surface area contributed by atoms with Gasteiger partial charge in [-0.05, 0) is 44.0 Å². The van der Waals surface area contributed by atoms with Crippen molar-refractivity contribution in [3.63, 3.8) is 0 Å². The second-order valence-electron chi connectivity index (χ2n) is 5.91. The molecule has 2 aromatic rings. The van der Waals surface area contributed by atoms with E-state index in [2.05, 4.69) is 19.2 Å². The van der Waals surface area contributed by atoms with Crippen molar-refractivity contribution in [1.29, 1.82) is 0 Å². The van der Waals surface area contributed by atoms with E-state index in [1.165, 1.54) is 6.07 Å². The van der Waals surface area contributed by atoms with Crippen molar-refractivity contribution < 1.29 is 13.9 Å². The second kappa shape index (κ2) is 9.64. The molecular formula is C20H25ClFNO2. The minimum Gasteiger partial charge on any atom is -0.490 e. The van der Waals surface area contributed by atoms with Gasteiger partial charge in [-0.25, -0.2) is 4.39 Å². The number of hydrogen-bond acceptors (Lipinski definition) is 3. The highest BCUT2D eigenvalue weighted by atomic mass is 35.5. The molecule has 0 aliphatic rings. The van der Waals surface area contributed by atoms with Crippen LogP contribution in [0.4, 0.5) is 4.39 Å². The second-order valence-corrected chi connectivity index (χ2v) is 6.32. The molecule has 0 saturated heterocycles. The van der Waals surface area contributed by atoms with Crippen LogP contribution in [-0.2, 0) is 13.2 Å². The average Bonchev–Trinajstić information content (AvgIpc) is 2.60. The number of halogens is 2. The van der Waals surface area contributed by atoms with E-state index in [-0.39, 0.29) is 12.4 Å². The summed E-state index contributed by atoms with van der Waals surface area (Å²) in [5, 5.41) is 3.89. The highest BCUT2D eigenvalue weighted by Crippen LogP contribution is 2.37. The topological polar surface area (TPSA) is 30.5 Å². The summed E-state index contributed by atoms with van der Waals surface area (Å²) in [6, 6.07) is 10.7. The molecular weight excluding hydrogens is 341 g/mol. The Morgan fingerprint density at radius 1 is 1.16 bits per heavy atom. The molecule has 1 N–H and O–H groups in total. The van der Waals surface area contributed by atoms with Gasteiger partial charge in [0.25, 0.3) is 0 Å². The van der Waals surface area contributed by atoms with Crippen LogP contribution in [-0.4, -0.2) is 12.6 Å². The smallest absolute Gasteiger partial charge is 0.180 e. The van der Waals surface area contributed by atoms with E-state index in [0.29, 0.717) is 41.3 Å². The highest BCUT2D eigenvalue weighted by molar-refractivity contribution is 6.32. The molecule has 0 unspecified atom stereocenters. The first kappa shape index (κ1) is 19.5. The van der Waals surface area contributed by atoms with Crippen LogP contribution in [0.15, 0.2) is 36.4 Å². The lowest BCUT2D eigenvalue weighted by molar-refractivity contribution is 0.265. The van der Waals surface area contributed by atoms with Crippen molar-refractivity contribution in [2.45, 2.75) is 46.4 Å². The van der Waals surface area contributed by atoms with Gasteiger partial charge in [-0.1, -0.05) is 36.7 Å². The van der Waals surface area contributed by atoms with E-state index in [4.69, 9.17) is 21.1 Å². The van der Waals surface area contributed by atoms with Gasteiger partial charge in [-0.2, -0.15) is 0 Å². The van der Waals surface area contributed by atoms with Gasteiger partial charge < -0.3 is 14.8 Å². The van der Waals surface area contributed by atoms with Crippen molar-refractivity contribution in [3.05, 3.63) is 58.4 Å². The van der Waals surface area contributed by atoms with Crippen molar-refractivity contribution >= 4 is 11.6 Å². The van der Waals surface area contributed by atoms with Crippen LogP contribution in [0.3, 0.4) is 0 Å². The molecule has 0 radical (unpaired) electrons. The molecule has 0 bridgehead atoms. The SMILES string of the molecule is CCOc1cc(CN[C@@H](C)CC)cc(Cl)c1OCc1ccccc1F. The number of ether oxygens (including phenoxy) is 2. The van der Waals surface area contributed by atoms with Crippen molar-refractivity contribution in [3.8, 4) is 11.5 Å². The summed E-state index contributed by atoms with van der Waals surface area (Å²) in [6.45, 7) is 7.46. The summed E-state index contributed by atoms with van der Waals surface area (Å²) in [5.41, 5.74) is 1.50. The van der Waals surface area contributed by atoms with Crippen LogP contribution < -0.4 is 14.8 Å². The lowest BCUT2D eigenvalue weighted by Crippen LogP contribution is -2.24. The van der Waals surface area contributed by atoms with E-state index in [1.807, 2.05) is 19.1 Å². The first-order chi connectivity index (χ1) is 12.0. The zero-order chi connectivity index (χ0) is 18.2. The van der Waals surface area contributed by atoms with E-state index in [1.54, 1.807) is 18.2 Å². The molecule has 0 aromatic heterocycles. The summed E-state index contributed by atoms with van der Waals surface area (Å²) >= 11 is 6.40. The maximum atomic E-state index is 13.8. The molecule has 25 heavy (non-hydrogen) atoms. The van der Waals surface area contributed by atoms with Crippen LogP contribution in [0, 0.1) is 5.82 Å². The maximum Gasteiger partial charge on any atom is 0.180 e. The number of nitrogens with one attached hydrogen (secondary N) is 1.